The molecule has 0 fully saturated rings. The van der Waals surface area contributed by atoms with Crippen LogP contribution in [0, 0.1) is 0 Å². The Morgan fingerprint density at radius 2 is 1.74 bits per heavy atom. The Morgan fingerprint density at radius 3 is 2.37 bits per heavy atom. The lowest BCUT2D eigenvalue weighted by atomic mass is 10.1. The fourth-order valence-corrected chi connectivity index (χ4v) is 1.85. The number of rotatable bonds is 3. The van der Waals surface area contributed by atoms with Gasteiger partial charge in [0, 0.05) is 23.2 Å². The minimum Gasteiger partial charge on any atom is -0.508 e. The molecule has 98 valence electrons. The molecule has 0 saturated carbocycles. The maximum Gasteiger partial charge on any atom is 0.251 e. The molecule has 0 saturated heterocycles. The van der Waals surface area contributed by atoms with E-state index in [0.717, 1.165) is 11.6 Å². The van der Waals surface area contributed by atoms with Gasteiger partial charge in [-0.05, 0) is 23.8 Å². The average Bonchev–Trinajstić information content (AvgIpc) is 2.36. The lowest BCUT2D eigenvalue weighted by molar-refractivity contribution is 0.0950. The van der Waals surface area contributed by atoms with Crippen molar-refractivity contribution in [3.05, 3.63) is 58.6 Å². The highest BCUT2D eigenvalue weighted by Gasteiger charge is 2.09. The topological polar surface area (TPSA) is 69.6 Å². The Balaban J connectivity index is 2.08. The molecule has 0 atom stereocenters. The summed E-state index contributed by atoms with van der Waals surface area (Å²) < 4.78 is 0. The zero-order valence-corrected chi connectivity index (χ0v) is 10.7. The number of benzene rings is 2. The van der Waals surface area contributed by atoms with Crippen LogP contribution in [0.1, 0.15) is 15.9 Å². The Morgan fingerprint density at radius 1 is 1.11 bits per heavy atom. The van der Waals surface area contributed by atoms with Crippen molar-refractivity contribution in [2.75, 3.05) is 0 Å². The van der Waals surface area contributed by atoms with Crippen molar-refractivity contribution < 1.29 is 15.0 Å². The van der Waals surface area contributed by atoms with Gasteiger partial charge < -0.3 is 15.5 Å². The van der Waals surface area contributed by atoms with Gasteiger partial charge in [0.05, 0.1) is 0 Å². The third-order valence-corrected chi connectivity index (χ3v) is 2.93. The van der Waals surface area contributed by atoms with Gasteiger partial charge in [0.15, 0.2) is 0 Å². The number of phenols is 2. The molecule has 0 heterocycles. The van der Waals surface area contributed by atoms with Crippen LogP contribution in [0.3, 0.4) is 0 Å². The van der Waals surface area contributed by atoms with Crippen molar-refractivity contribution >= 4 is 17.5 Å². The predicted molar refractivity (Wildman–Crippen MR) is 72.4 cm³/mol. The fourth-order valence-electron chi connectivity index (χ4n) is 1.65. The zero-order chi connectivity index (χ0) is 13.8. The summed E-state index contributed by atoms with van der Waals surface area (Å²) in [7, 11) is 0. The van der Waals surface area contributed by atoms with Gasteiger partial charge >= 0.3 is 0 Å². The Bertz CT molecular complexity index is 593. The van der Waals surface area contributed by atoms with Crippen LogP contribution in [0.25, 0.3) is 0 Å². The van der Waals surface area contributed by atoms with Crippen LogP contribution in [-0.2, 0) is 6.54 Å². The monoisotopic (exact) mass is 277 g/mol. The second-order valence-electron chi connectivity index (χ2n) is 4.01. The number of nitrogens with one attached hydrogen (secondary N) is 1. The SMILES string of the molecule is O=C(NCc1ccccc1Cl)c1cc(O)cc(O)c1. The summed E-state index contributed by atoms with van der Waals surface area (Å²) in [4.78, 5) is 11.9. The smallest absolute Gasteiger partial charge is 0.251 e. The summed E-state index contributed by atoms with van der Waals surface area (Å²) in [5.41, 5.74) is 0.978. The van der Waals surface area contributed by atoms with Crippen LogP contribution in [-0.4, -0.2) is 16.1 Å². The summed E-state index contributed by atoms with van der Waals surface area (Å²) in [6.45, 7) is 0.273. The van der Waals surface area contributed by atoms with Crippen LogP contribution >= 0.6 is 11.6 Å². The Labute approximate surface area is 115 Å². The molecule has 0 radical (unpaired) electrons. The minimum absolute atomic E-state index is 0.164. The Hall–Kier alpha value is -2.20. The summed E-state index contributed by atoms with van der Waals surface area (Å²) in [5, 5.41) is 21.9. The largest absolute Gasteiger partial charge is 0.508 e. The number of carbonyl (C=O) groups is 1. The first kappa shape index (κ1) is 13.2. The van der Waals surface area contributed by atoms with Crippen molar-refractivity contribution in [3.8, 4) is 11.5 Å². The summed E-state index contributed by atoms with van der Waals surface area (Å²) in [6.07, 6.45) is 0. The van der Waals surface area contributed by atoms with E-state index in [0.29, 0.717) is 5.02 Å². The molecular formula is C14H12ClNO3. The second-order valence-corrected chi connectivity index (χ2v) is 4.42. The van der Waals surface area contributed by atoms with Gasteiger partial charge in [-0.2, -0.15) is 0 Å². The van der Waals surface area contributed by atoms with Crippen molar-refractivity contribution in [1.82, 2.24) is 5.32 Å². The van der Waals surface area contributed by atoms with Crippen molar-refractivity contribution in [2.24, 2.45) is 0 Å². The molecule has 3 N–H and O–H groups in total. The molecule has 2 aromatic carbocycles. The summed E-state index contributed by atoms with van der Waals surface area (Å²) in [6, 6.07) is 10.9. The highest BCUT2D eigenvalue weighted by molar-refractivity contribution is 6.31. The van der Waals surface area contributed by atoms with Gasteiger partial charge in [0.1, 0.15) is 11.5 Å². The third-order valence-electron chi connectivity index (χ3n) is 2.56. The molecule has 0 unspecified atom stereocenters. The van der Waals surface area contributed by atoms with E-state index in [1.54, 1.807) is 12.1 Å². The van der Waals surface area contributed by atoms with E-state index in [4.69, 9.17) is 11.6 Å². The minimum atomic E-state index is -0.397. The van der Waals surface area contributed by atoms with Crippen LogP contribution in [0.4, 0.5) is 0 Å². The van der Waals surface area contributed by atoms with Gasteiger partial charge in [-0.3, -0.25) is 4.79 Å². The summed E-state index contributed by atoms with van der Waals surface area (Å²) >= 11 is 5.97. The highest BCUT2D eigenvalue weighted by Crippen LogP contribution is 2.20. The van der Waals surface area contributed by atoms with Gasteiger partial charge in [0.2, 0.25) is 0 Å². The Kier molecular flexibility index (Phi) is 3.92. The molecule has 0 aromatic heterocycles. The number of aromatic hydroxyl groups is 2. The number of amides is 1. The fraction of sp³-hybridized carbons (Fsp3) is 0.0714. The molecule has 1 amide bonds. The summed E-state index contributed by atoms with van der Waals surface area (Å²) in [5.74, 6) is -0.725. The quantitative estimate of drug-likeness (QED) is 0.808. The van der Waals surface area contributed by atoms with E-state index >= 15 is 0 Å². The molecule has 0 aliphatic heterocycles. The first-order valence-electron chi connectivity index (χ1n) is 5.61. The van der Waals surface area contributed by atoms with E-state index in [-0.39, 0.29) is 23.6 Å². The first-order chi connectivity index (χ1) is 9.06. The standard InChI is InChI=1S/C14H12ClNO3/c15-13-4-2-1-3-9(13)8-16-14(19)10-5-11(17)7-12(18)6-10/h1-7,17-18H,8H2,(H,16,19). The van der Waals surface area contributed by atoms with Crippen LogP contribution in [0.15, 0.2) is 42.5 Å². The molecule has 2 rings (SSSR count). The maximum absolute atomic E-state index is 11.9. The zero-order valence-electron chi connectivity index (χ0n) is 9.93. The molecule has 0 aliphatic carbocycles. The number of hydrogen-bond donors (Lipinski definition) is 3. The normalized spacial score (nSPS) is 10.2. The third kappa shape index (κ3) is 3.39. The molecule has 4 nitrogen and oxygen atoms in total. The number of halogens is 1. The number of phenolic OH excluding ortho intramolecular Hbond substituents is 2. The lowest BCUT2D eigenvalue weighted by Gasteiger charge is -2.07. The average molecular weight is 278 g/mol. The van der Waals surface area contributed by atoms with Crippen molar-refractivity contribution in [3.63, 3.8) is 0 Å². The predicted octanol–water partition coefficient (Wildman–Crippen LogP) is 2.68. The van der Waals surface area contributed by atoms with Gasteiger partial charge in [-0.15, -0.1) is 0 Å². The second kappa shape index (κ2) is 5.63. The molecule has 2 aromatic rings. The van der Waals surface area contributed by atoms with Gasteiger partial charge in [-0.1, -0.05) is 29.8 Å². The van der Waals surface area contributed by atoms with Crippen LogP contribution in [0.5, 0.6) is 11.5 Å². The van der Waals surface area contributed by atoms with E-state index < -0.39 is 5.91 Å². The van der Waals surface area contributed by atoms with E-state index in [1.807, 2.05) is 12.1 Å². The van der Waals surface area contributed by atoms with Crippen LogP contribution < -0.4 is 5.32 Å². The van der Waals surface area contributed by atoms with E-state index in [1.165, 1.54) is 12.1 Å². The number of carbonyl (C=O) groups excluding carboxylic acids is 1. The maximum atomic E-state index is 11.9. The molecule has 0 bridgehead atoms. The molecule has 5 heteroatoms. The van der Waals surface area contributed by atoms with Crippen molar-refractivity contribution in [1.29, 1.82) is 0 Å². The van der Waals surface area contributed by atoms with Gasteiger partial charge in [-0.25, -0.2) is 0 Å². The highest BCUT2D eigenvalue weighted by atomic mass is 35.5. The first-order valence-corrected chi connectivity index (χ1v) is 5.98. The lowest BCUT2D eigenvalue weighted by Crippen LogP contribution is -2.22. The van der Waals surface area contributed by atoms with Crippen molar-refractivity contribution in [2.45, 2.75) is 6.54 Å². The molecule has 0 spiro atoms. The molecular weight excluding hydrogens is 266 g/mol. The molecule has 19 heavy (non-hydrogen) atoms. The molecule has 0 aliphatic rings. The van der Waals surface area contributed by atoms with E-state index in [2.05, 4.69) is 5.32 Å². The number of hydrogen-bond acceptors (Lipinski definition) is 3. The van der Waals surface area contributed by atoms with Gasteiger partial charge in [0.25, 0.3) is 5.91 Å². The van der Waals surface area contributed by atoms with E-state index in [9.17, 15) is 15.0 Å². The van der Waals surface area contributed by atoms with Crippen LogP contribution in [0.2, 0.25) is 5.02 Å².